The van der Waals surface area contributed by atoms with Gasteiger partial charge in [-0.3, -0.25) is 9.59 Å². The van der Waals surface area contributed by atoms with Crippen LogP contribution in [0.4, 0.5) is 15.8 Å². The molecule has 0 spiro atoms. The van der Waals surface area contributed by atoms with Crippen LogP contribution in [-0.2, 0) is 4.79 Å². The van der Waals surface area contributed by atoms with Crippen LogP contribution in [0.5, 0.6) is 11.5 Å². The second-order valence-corrected chi connectivity index (χ2v) is 8.25. The van der Waals surface area contributed by atoms with Crippen molar-refractivity contribution in [1.82, 2.24) is 0 Å². The van der Waals surface area contributed by atoms with Crippen LogP contribution in [0.2, 0.25) is 0 Å². The van der Waals surface area contributed by atoms with E-state index in [9.17, 15) is 14.0 Å². The van der Waals surface area contributed by atoms with Gasteiger partial charge in [-0.25, -0.2) is 4.39 Å². The molecule has 0 aliphatic heterocycles. The number of methoxy groups -OCH3 is 2. The summed E-state index contributed by atoms with van der Waals surface area (Å²) in [7, 11) is 3.09. The molecule has 0 aromatic heterocycles. The van der Waals surface area contributed by atoms with Crippen molar-refractivity contribution in [3.63, 3.8) is 0 Å². The predicted molar refractivity (Wildman–Crippen MR) is 124 cm³/mol. The Balaban J connectivity index is 1.58. The fraction of sp³-hybridized carbons (Fsp3) is 0.167. The summed E-state index contributed by atoms with van der Waals surface area (Å²) in [6.07, 6.45) is 0. The molecule has 1 atom stereocenters. The Morgan fingerprint density at radius 2 is 1.44 bits per heavy atom. The van der Waals surface area contributed by atoms with Crippen LogP contribution in [-0.4, -0.2) is 31.3 Å². The highest BCUT2D eigenvalue weighted by Gasteiger charge is 2.16. The maximum atomic E-state index is 13.0. The molecular weight excluding hydrogens is 431 g/mol. The van der Waals surface area contributed by atoms with Crippen molar-refractivity contribution in [2.45, 2.75) is 17.1 Å². The highest BCUT2D eigenvalue weighted by molar-refractivity contribution is 8.00. The number of hydrogen-bond donors (Lipinski definition) is 2. The van der Waals surface area contributed by atoms with Gasteiger partial charge in [0.2, 0.25) is 5.91 Å². The molecule has 0 bridgehead atoms. The molecule has 0 saturated heterocycles. The molecule has 2 N–H and O–H groups in total. The van der Waals surface area contributed by atoms with Crippen LogP contribution in [0.1, 0.15) is 17.3 Å². The Morgan fingerprint density at radius 1 is 0.844 bits per heavy atom. The number of amides is 2. The molecule has 3 rings (SSSR count). The number of halogens is 1. The molecule has 0 heterocycles. The molecule has 0 saturated carbocycles. The molecule has 0 aliphatic rings. The van der Waals surface area contributed by atoms with Crippen LogP contribution in [0.15, 0.2) is 71.6 Å². The predicted octanol–water partition coefficient (Wildman–Crippen LogP) is 5.21. The zero-order valence-electron chi connectivity index (χ0n) is 17.8. The van der Waals surface area contributed by atoms with Crippen LogP contribution in [0, 0.1) is 5.82 Å². The van der Waals surface area contributed by atoms with Crippen molar-refractivity contribution < 1.29 is 23.5 Å². The number of nitrogens with one attached hydrogen (secondary N) is 2. The van der Waals surface area contributed by atoms with E-state index in [1.165, 1.54) is 36.0 Å². The Kier molecular flexibility index (Phi) is 7.72. The molecule has 32 heavy (non-hydrogen) atoms. The van der Waals surface area contributed by atoms with Crippen molar-refractivity contribution in [1.29, 1.82) is 0 Å². The molecule has 1 unspecified atom stereocenters. The highest BCUT2D eigenvalue weighted by atomic mass is 32.2. The third-order valence-electron chi connectivity index (χ3n) is 4.52. The monoisotopic (exact) mass is 454 g/mol. The van der Waals surface area contributed by atoms with Crippen molar-refractivity contribution >= 4 is 35.0 Å². The van der Waals surface area contributed by atoms with Gasteiger partial charge < -0.3 is 20.1 Å². The maximum Gasteiger partial charge on any atom is 0.255 e. The molecule has 8 heteroatoms. The third-order valence-corrected chi connectivity index (χ3v) is 5.63. The number of anilines is 2. The number of carbonyl (C=O) groups excluding carboxylic acids is 2. The standard InChI is InChI=1S/C24H23FN2O4S/c1-15(23(28)27-19-12-20(30-2)14-21(13-19)31-3)32-22-10-8-18(9-11-22)26-24(29)16-4-6-17(25)7-5-16/h4-15H,1-3H3,(H,26,29)(H,27,28). The third kappa shape index (κ3) is 6.24. The van der Waals surface area contributed by atoms with E-state index >= 15 is 0 Å². The normalized spacial score (nSPS) is 11.4. The second-order valence-electron chi connectivity index (χ2n) is 6.84. The largest absolute Gasteiger partial charge is 0.497 e. The summed E-state index contributed by atoms with van der Waals surface area (Å²) in [6, 6.07) is 17.6. The first-order chi connectivity index (χ1) is 15.4. The Bertz CT molecular complexity index is 1070. The Hall–Kier alpha value is -3.52. The molecule has 0 radical (unpaired) electrons. The molecule has 2 amide bonds. The SMILES string of the molecule is COc1cc(NC(=O)C(C)Sc2ccc(NC(=O)c3ccc(F)cc3)cc2)cc(OC)c1. The number of rotatable bonds is 8. The summed E-state index contributed by atoms with van der Waals surface area (Å²) >= 11 is 1.39. The van der Waals surface area contributed by atoms with Crippen LogP contribution >= 0.6 is 11.8 Å². The molecule has 6 nitrogen and oxygen atoms in total. The fourth-order valence-corrected chi connectivity index (χ4v) is 3.67. The van der Waals surface area contributed by atoms with E-state index in [0.29, 0.717) is 28.4 Å². The maximum absolute atomic E-state index is 13.0. The van der Waals surface area contributed by atoms with E-state index in [-0.39, 0.29) is 17.1 Å². The summed E-state index contributed by atoms with van der Waals surface area (Å²) in [5.41, 5.74) is 1.55. The van der Waals surface area contributed by atoms with Crippen LogP contribution in [0.3, 0.4) is 0 Å². The lowest BCUT2D eigenvalue weighted by atomic mass is 10.2. The zero-order valence-corrected chi connectivity index (χ0v) is 18.7. The highest BCUT2D eigenvalue weighted by Crippen LogP contribution is 2.28. The summed E-state index contributed by atoms with van der Waals surface area (Å²) in [6.45, 7) is 1.81. The van der Waals surface area contributed by atoms with Gasteiger partial charge in [0.15, 0.2) is 0 Å². The van der Waals surface area contributed by atoms with Crippen molar-refractivity contribution in [3.05, 3.63) is 78.1 Å². The topological polar surface area (TPSA) is 76.7 Å². The number of thioether (sulfide) groups is 1. The van der Waals surface area contributed by atoms with Gasteiger partial charge in [-0.15, -0.1) is 11.8 Å². The van der Waals surface area contributed by atoms with Gasteiger partial charge >= 0.3 is 0 Å². The quantitative estimate of drug-likeness (QED) is 0.457. The van der Waals surface area contributed by atoms with Crippen molar-refractivity contribution in [2.75, 3.05) is 24.9 Å². The van der Waals surface area contributed by atoms with Gasteiger partial charge in [-0.1, -0.05) is 0 Å². The Morgan fingerprint density at radius 3 is 2.00 bits per heavy atom. The zero-order chi connectivity index (χ0) is 23.1. The van der Waals surface area contributed by atoms with Crippen LogP contribution in [0.25, 0.3) is 0 Å². The number of ether oxygens (including phenoxy) is 2. The fourth-order valence-electron chi connectivity index (χ4n) is 2.80. The second kappa shape index (κ2) is 10.7. The lowest BCUT2D eigenvalue weighted by Gasteiger charge is -2.14. The lowest BCUT2D eigenvalue weighted by Crippen LogP contribution is -2.22. The minimum atomic E-state index is -0.397. The van der Waals surface area contributed by atoms with E-state index < -0.39 is 5.82 Å². The van der Waals surface area contributed by atoms with Crippen molar-refractivity contribution in [2.24, 2.45) is 0 Å². The minimum Gasteiger partial charge on any atom is -0.497 e. The van der Waals surface area contributed by atoms with E-state index in [1.807, 2.05) is 19.1 Å². The average Bonchev–Trinajstić information content (AvgIpc) is 2.80. The van der Waals surface area contributed by atoms with Gasteiger partial charge in [0.05, 0.1) is 19.5 Å². The first-order valence-electron chi connectivity index (χ1n) is 9.75. The van der Waals surface area contributed by atoms with Crippen molar-refractivity contribution in [3.8, 4) is 11.5 Å². The average molecular weight is 455 g/mol. The molecular formula is C24H23FN2O4S. The van der Waals surface area contributed by atoms with Gasteiger partial charge in [-0.2, -0.15) is 0 Å². The number of carbonyl (C=O) groups is 2. The smallest absolute Gasteiger partial charge is 0.255 e. The molecule has 0 aliphatic carbocycles. The minimum absolute atomic E-state index is 0.168. The number of benzene rings is 3. The number of hydrogen-bond acceptors (Lipinski definition) is 5. The van der Waals surface area contributed by atoms with E-state index in [1.54, 1.807) is 44.6 Å². The molecule has 166 valence electrons. The first kappa shape index (κ1) is 23.1. The van der Waals surface area contributed by atoms with E-state index in [2.05, 4.69) is 10.6 Å². The van der Waals surface area contributed by atoms with Crippen LogP contribution < -0.4 is 20.1 Å². The first-order valence-corrected chi connectivity index (χ1v) is 10.6. The lowest BCUT2D eigenvalue weighted by molar-refractivity contribution is -0.115. The molecule has 3 aromatic carbocycles. The molecule has 3 aromatic rings. The van der Waals surface area contributed by atoms with Gasteiger partial charge in [0, 0.05) is 40.0 Å². The molecule has 0 fully saturated rings. The summed E-state index contributed by atoms with van der Waals surface area (Å²) in [4.78, 5) is 25.7. The summed E-state index contributed by atoms with van der Waals surface area (Å²) < 4.78 is 23.4. The Labute approximate surface area is 190 Å². The summed E-state index contributed by atoms with van der Waals surface area (Å²) in [5, 5.41) is 5.26. The van der Waals surface area contributed by atoms with Gasteiger partial charge in [-0.05, 0) is 55.5 Å². The summed E-state index contributed by atoms with van der Waals surface area (Å²) in [5.74, 6) is 0.272. The van der Waals surface area contributed by atoms with Gasteiger partial charge in [0.1, 0.15) is 17.3 Å². The van der Waals surface area contributed by atoms with E-state index in [0.717, 1.165) is 4.90 Å². The van der Waals surface area contributed by atoms with Gasteiger partial charge in [0.25, 0.3) is 5.91 Å². The van der Waals surface area contributed by atoms with E-state index in [4.69, 9.17) is 9.47 Å².